The van der Waals surface area contributed by atoms with E-state index < -0.39 is 22.8 Å². The molecular weight excluding hydrogens is 488 g/mol. The summed E-state index contributed by atoms with van der Waals surface area (Å²) in [7, 11) is 1.93. The zero-order chi connectivity index (χ0) is 26.0. The van der Waals surface area contributed by atoms with Gasteiger partial charge in [-0.25, -0.2) is 9.59 Å². The molecule has 0 fully saturated rings. The van der Waals surface area contributed by atoms with Crippen molar-refractivity contribution in [3.05, 3.63) is 71.8 Å². The van der Waals surface area contributed by atoms with Crippen molar-refractivity contribution < 1.29 is 37.6 Å². The summed E-state index contributed by atoms with van der Waals surface area (Å²) in [5.41, 5.74) is 1.33. The van der Waals surface area contributed by atoms with Gasteiger partial charge in [0.25, 0.3) is 0 Å². The molecule has 0 saturated heterocycles. The Labute approximate surface area is 210 Å². The van der Waals surface area contributed by atoms with E-state index in [1.807, 2.05) is 0 Å². The van der Waals surface area contributed by atoms with Crippen molar-refractivity contribution in [2.75, 3.05) is 37.6 Å². The van der Waals surface area contributed by atoms with Crippen LogP contribution in [0.4, 0.5) is 16.2 Å². The molecule has 3 aromatic rings. The van der Waals surface area contributed by atoms with Gasteiger partial charge < -0.3 is 18.9 Å². The molecule has 4 rings (SSSR count). The van der Waals surface area contributed by atoms with Crippen LogP contribution >= 0.6 is 10.8 Å². The predicted molar refractivity (Wildman–Crippen MR) is 135 cm³/mol. The first-order valence-electron chi connectivity index (χ1n) is 10.7. The smallest absolute Gasteiger partial charge is 0.348 e. The lowest BCUT2D eigenvalue weighted by Gasteiger charge is -2.49. The highest BCUT2D eigenvalue weighted by Crippen LogP contribution is 2.60. The Morgan fingerprint density at radius 1 is 0.861 bits per heavy atom. The Hall–Kier alpha value is -3.93. The molecular formula is C25H26N2O8S. The molecule has 0 radical (unpaired) electrons. The number of nitrogens with zero attached hydrogens (tertiary/aromatic N) is 2. The van der Waals surface area contributed by atoms with Gasteiger partial charge in [-0.05, 0) is 42.5 Å². The SMILES string of the molecule is COC(=O)c1ccc(OC)c(CN2C(=O)N(c3ccc(OC)c(OC)c3)S(O)(O)c3ccccc32)c1. The zero-order valence-electron chi connectivity index (χ0n) is 20.1. The quantitative estimate of drug-likeness (QED) is 0.415. The van der Waals surface area contributed by atoms with Crippen LogP contribution < -0.4 is 23.4 Å². The third kappa shape index (κ3) is 4.28. The molecule has 0 bridgehead atoms. The Bertz CT molecular complexity index is 1310. The van der Waals surface area contributed by atoms with Gasteiger partial charge in [-0.15, -0.1) is 0 Å². The number of carbonyl (C=O) groups excluding carboxylic acids is 2. The first kappa shape index (κ1) is 25.2. The highest BCUT2D eigenvalue weighted by molar-refractivity contribution is 8.26. The first-order valence-corrected chi connectivity index (χ1v) is 12.2. The van der Waals surface area contributed by atoms with E-state index in [1.54, 1.807) is 48.5 Å². The van der Waals surface area contributed by atoms with Gasteiger partial charge in [-0.1, -0.05) is 22.9 Å². The minimum absolute atomic E-state index is 0.0246. The summed E-state index contributed by atoms with van der Waals surface area (Å²) in [6.45, 7) is -0.0246. The van der Waals surface area contributed by atoms with E-state index in [4.69, 9.17) is 18.9 Å². The van der Waals surface area contributed by atoms with Gasteiger partial charge in [0.1, 0.15) is 10.6 Å². The van der Waals surface area contributed by atoms with Crippen LogP contribution in [0.2, 0.25) is 0 Å². The monoisotopic (exact) mass is 514 g/mol. The van der Waals surface area contributed by atoms with Crippen LogP contribution in [-0.2, 0) is 11.3 Å². The molecule has 190 valence electrons. The zero-order valence-corrected chi connectivity index (χ0v) is 20.9. The summed E-state index contributed by atoms with van der Waals surface area (Å²) in [6.07, 6.45) is 0. The summed E-state index contributed by atoms with van der Waals surface area (Å²) >= 11 is 0. The van der Waals surface area contributed by atoms with Crippen LogP contribution in [0.25, 0.3) is 0 Å². The summed E-state index contributed by atoms with van der Waals surface area (Å²) in [6, 6.07) is 15.2. The maximum Gasteiger partial charge on any atom is 0.348 e. The van der Waals surface area contributed by atoms with E-state index in [0.29, 0.717) is 28.5 Å². The molecule has 0 atom stereocenters. The average Bonchev–Trinajstić information content (AvgIpc) is 2.90. The molecule has 0 spiro atoms. The van der Waals surface area contributed by atoms with Gasteiger partial charge >= 0.3 is 12.0 Å². The molecule has 1 aliphatic rings. The molecule has 2 amide bonds. The van der Waals surface area contributed by atoms with Crippen molar-refractivity contribution in [1.29, 1.82) is 0 Å². The van der Waals surface area contributed by atoms with Crippen molar-refractivity contribution in [2.45, 2.75) is 11.4 Å². The van der Waals surface area contributed by atoms with Crippen LogP contribution in [0, 0.1) is 0 Å². The van der Waals surface area contributed by atoms with E-state index in [0.717, 1.165) is 4.31 Å². The molecule has 0 aliphatic carbocycles. The Kier molecular flexibility index (Phi) is 6.97. The number of rotatable bonds is 7. The van der Waals surface area contributed by atoms with Crippen LogP contribution in [-0.4, -0.2) is 49.5 Å². The summed E-state index contributed by atoms with van der Waals surface area (Å²) in [5, 5.41) is 0. The van der Waals surface area contributed by atoms with Gasteiger partial charge in [0.15, 0.2) is 11.5 Å². The number of anilines is 2. The number of urea groups is 1. The fourth-order valence-corrected chi connectivity index (χ4v) is 5.65. The Balaban J connectivity index is 1.85. The third-order valence-electron chi connectivity index (χ3n) is 5.74. The van der Waals surface area contributed by atoms with Crippen LogP contribution in [0.5, 0.6) is 17.2 Å². The highest BCUT2D eigenvalue weighted by atomic mass is 32.3. The van der Waals surface area contributed by atoms with Crippen LogP contribution in [0.1, 0.15) is 15.9 Å². The lowest BCUT2D eigenvalue weighted by molar-refractivity contribution is 0.0600. The number of fused-ring (bicyclic) bond motifs is 1. The van der Waals surface area contributed by atoms with Crippen molar-refractivity contribution in [3.8, 4) is 17.2 Å². The predicted octanol–water partition coefficient (Wildman–Crippen LogP) is 5.17. The molecule has 0 unspecified atom stereocenters. The maximum atomic E-state index is 13.9. The second-order valence-corrected chi connectivity index (χ2v) is 9.55. The van der Waals surface area contributed by atoms with Crippen molar-refractivity contribution in [1.82, 2.24) is 0 Å². The van der Waals surface area contributed by atoms with E-state index in [2.05, 4.69) is 0 Å². The fraction of sp³-hybridized carbons (Fsp3) is 0.200. The Morgan fingerprint density at radius 2 is 1.53 bits per heavy atom. The van der Waals surface area contributed by atoms with Crippen molar-refractivity contribution in [3.63, 3.8) is 0 Å². The van der Waals surface area contributed by atoms with Gasteiger partial charge in [-0.2, -0.15) is 4.31 Å². The highest BCUT2D eigenvalue weighted by Gasteiger charge is 2.43. The lowest BCUT2D eigenvalue weighted by Crippen LogP contribution is -2.48. The average molecular weight is 515 g/mol. The van der Waals surface area contributed by atoms with Crippen LogP contribution in [0.3, 0.4) is 0 Å². The van der Waals surface area contributed by atoms with Crippen LogP contribution in [0.15, 0.2) is 65.6 Å². The van der Waals surface area contributed by atoms with Gasteiger partial charge in [0.05, 0.1) is 51.9 Å². The summed E-state index contributed by atoms with van der Waals surface area (Å²) < 4.78 is 44.4. The number of hydrogen-bond donors (Lipinski definition) is 2. The topological polar surface area (TPSA) is 118 Å². The normalized spacial score (nSPS) is 15.1. The maximum absolute atomic E-state index is 13.9. The second kappa shape index (κ2) is 9.97. The largest absolute Gasteiger partial charge is 0.496 e. The number of esters is 1. The third-order valence-corrected chi connectivity index (χ3v) is 7.55. The molecule has 10 nitrogen and oxygen atoms in total. The number of amides is 2. The molecule has 1 heterocycles. The molecule has 11 heteroatoms. The van der Waals surface area contributed by atoms with Crippen molar-refractivity contribution in [2.24, 2.45) is 0 Å². The molecule has 36 heavy (non-hydrogen) atoms. The second-order valence-electron chi connectivity index (χ2n) is 7.71. The number of para-hydroxylation sites is 1. The number of benzene rings is 3. The van der Waals surface area contributed by atoms with Crippen molar-refractivity contribution >= 4 is 34.2 Å². The number of methoxy groups -OCH3 is 4. The van der Waals surface area contributed by atoms with Gasteiger partial charge in [-0.3, -0.25) is 14.0 Å². The number of hydrogen-bond acceptors (Lipinski definition) is 8. The minimum atomic E-state index is -3.76. The molecule has 0 saturated carbocycles. The van der Waals surface area contributed by atoms with E-state index >= 15 is 0 Å². The molecule has 3 aromatic carbocycles. The molecule has 2 N–H and O–H groups in total. The van der Waals surface area contributed by atoms with E-state index in [-0.39, 0.29) is 22.7 Å². The minimum Gasteiger partial charge on any atom is -0.496 e. The van der Waals surface area contributed by atoms with E-state index in [1.165, 1.54) is 45.5 Å². The first-order chi connectivity index (χ1) is 17.3. The summed E-state index contributed by atoms with van der Waals surface area (Å²) in [4.78, 5) is 27.6. The lowest BCUT2D eigenvalue weighted by atomic mass is 10.1. The fourth-order valence-electron chi connectivity index (χ4n) is 4.01. The number of ether oxygens (including phenoxy) is 4. The Morgan fingerprint density at radius 3 is 2.19 bits per heavy atom. The summed E-state index contributed by atoms with van der Waals surface area (Å²) in [5.74, 6) is 0.646. The molecule has 1 aliphatic heterocycles. The van der Waals surface area contributed by atoms with Gasteiger partial charge in [0.2, 0.25) is 0 Å². The van der Waals surface area contributed by atoms with Gasteiger partial charge in [0, 0.05) is 11.6 Å². The molecule has 0 aromatic heterocycles. The number of carbonyl (C=O) groups is 2. The van der Waals surface area contributed by atoms with E-state index in [9.17, 15) is 18.7 Å². The standard InChI is InChI=1S/C25H26N2O8S/c1-32-20-11-9-16(24(28)35-4)13-17(20)15-26-19-7-5-6-8-23(19)36(30,31)27(25(26)29)18-10-12-21(33-2)22(14-18)34-3/h5-14,30-31H,15H2,1-4H3.